The molecule has 0 amide bonds. The summed E-state index contributed by atoms with van der Waals surface area (Å²) in [5, 5.41) is 5.31. The molecule has 1 unspecified atom stereocenters. The van der Waals surface area contributed by atoms with Gasteiger partial charge in [-0.05, 0) is 23.9 Å². The number of nitrogens with one attached hydrogen (secondary N) is 1. The first-order chi connectivity index (χ1) is 9.65. The zero-order valence-corrected chi connectivity index (χ0v) is 12.2. The van der Waals surface area contributed by atoms with Gasteiger partial charge in [-0.3, -0.25) is 0 Å². The van der Waals surface area contributed by atoms with E-state index in [0.29, 0.717) is 17.1 Å². The molecule has 20 heavy (non-hydrogen) atoms. The van der Waals surface area contributed by atoms with Gasteiger partial charge >= 0.3 is 5.97 Å². The molecule has 1 atom stereocenters. The number of hydrogen-bond donors (Lipinski definition) is 2. The van der Waals surface area contributed by atoms with Gasteiger partial charge in [-0.15, -0.1) is 11.3 Å². The first kappa shape index (κ1) is 14.3. The summed E-state index contributed by atoms with van der Waals surface area (Å²) in [6, 6.07) is 5.74. The molecule has 2 rings (SSSR count). The number of carbonyl (C=O) groups is 1. The maximum absolute atomic E-state index is 11.8. The Hall–Kier alpha value is -2.08. The van der Waals surface area contributed by atoms with Gasteiger partial charge in [0.2, 0.25) is 0 Å². The largest absolute Gasteiger partial charge is 0.465 e. The fourth-order valence-corrected chi connectivity index (χ4v) is 2.75. The second-order valence-corrected chi connectivity index (χ2v) is 5.26. The summed E-state index contributed by atoms with van der Waals surface area (Å²) < 4.78 is 4.77. The van der Waals surface area contributed by atoms with Crippen LogP contribution < -0.4 is 11.1 Å². The van der Waals surface area contributed by atoms with Gasteiger partial charge in [-0.25, -0.2) is 9.78 Å². The molecule has 0 saturated heterocycles. The molecule has 5 nitrogen and oxygen atoms in total. The lowest BCUT2D eigenvalue weighted by atomic mass is 10.1. The predicted octanol–water partition coefficient (Wildman–Crippen LogP) is 3.08. The van der Waals surface area contributed by atoms with Crippen molar-refractivity contribution in [2.45, 2.75) is 19.4 Å². The third-order valence-corrected chi connectivity index (χ3v) is 3.91. The van der Waals surface area contributed by atoms with Gasteiger partial charge in [0.25, 0.3) is 0 Å². The Morgan fingerprint density at radius 3 is 3.00 bits per heavy atom. The van der Waals surface area contributed by atoms with E-state index >= 15 is 0 Å². The lowest BCUT2D eigenvalue weighted by Gasteiger charge is -2.18. The molecule has 106 valence electrons. The number of carbonyl (C=O) groups excluding carboxylic acids is 1. The summed E-state index contributed by atoms with van der Waals surface area (Å²) in [6.45, 7) is 2.08. The van der Waals surface area contributed by atoms with Crippen LogP contribution in [0.5, 0.6) is 0 Å². The number of nitrogen functional groups attached to an aromatic ring is 1. The SMILES string of the molecule is CCC(Nc1ncc(N)cc1C(=O)OC)c1cccs1. The summed E-state index contributed by atoms with van der Waals surface area (Å²) in [5.41, 5.74) is 6.46. The number of thiophene rings is 1. The van der Waals surface area contributed by atoms with E-state index < -0.39 is 5.97 Å². The minimum Gasteiger partial charge on any atom is -0.465 e. The van der Waals surface area contributed by atoms with Crippen LogP contribution in [-0.2, 0) is 4.74 Å². The van der Waals surface area contributed by atoms with Crippen molar-refractivity contribution in [3.63, 3.8) is 0 Å². The molecule has 0 aliphatic rings. The molecule has 2 aromatic heterocycles. The highest BCUT2D eigenvalue weighted by atomic mass is 32.1. The van der Waals surface area contributed by atoms with E-state index in [1.165, 1.54) is 18.2 Å². The fraction of sp³-hybridized carbons (Fsp3) is 0.286. The molecule has 0 bridgehead atoms. The first-order valence-corrected chi connectivity index (χ1v) is 7.17. The lowest BCUT2D eigenvalue weighted by molar-refractivity contribution is 0.0601. The van der Waals surface area contributed by atoms with Gasteiger partial charge in [0.1, 0.15) is 11.4 Å². The summed E-state index contributed by atoms with van der Waals surface area (Å²) in [7, 11) is 1.34. The third kappa shape index (κ3) is 3.08. The molecule has 0 saturated carbocycles. The van der Waals surface area contributed by atoms with Gasteiger partial charge in [0.15, 0.2) is 0 Å². The number of methoxy groups -OCH3 is 1. The highest BCUT2D eigenvalue weighted by molar-refractivity contribution is 7.10. The van der Waals surface area contributed by atoms with Crippen LogP contribution in [-0.4, -0.2) is 18.1 Å². The smallest absolute Gasteiger partial charge is 0.341 e. The van der Waals surface area contributed by atoms with Crippen molar-refractivity contribution >= 4 is 28.8 Å². The maximum Gasteiger partial charge on any atom is 0.341 e. The van der Waals surface area contributed by atoms with Crippen molar-refractivity contribution < 1.29 is 9.53 Å². The van der Waals surface area contributed by atoms with Crippen LogP contribution >= 0.6 is 11.3 Å². The highest BCUT2D eigenvalue weighted by Crippen LogP contribution is 2.27. The van der Waals surface area contributed by atoms with Gasteiger partial charge in [-0.1, -0.05) is 13.0 Å². The van der Waals surface area contributed by atoms with Gasteiger partial charge < -0.3 is 15.8 Å². The summed E-state index contributed by atoms with van der Waals surface area (Å²) in [4.78, 5) is 17.2. The number of hydrogen-bond acceptors (Lipinski definition) is 6. The molecule has 3 N–H and O–H groups in total. The third-order valence-electron chi connectivity index (χ3n) is 2.92. The van der Waals surface area contributed by atoms with Crippen LogP contribution in [0.2, 0.25) is 0 Å². The van der Waals surface area contributed by atoms with Gasteiger partial charge in [-0.2, -0.15) is 0 Å². The number of anilines is 2. The Balaban J connectivity index is 2.30. The summed E-state index contributed by atoms with van der Waals surface area (Å²) in [5.74, 6) is 0.0413. The number of esters is 1. The molecule has 0 aliphatic carbocycles. The molecular formula is C14H17N3O2S. The number of nitrogens with zero attached hydrogens (tertiary/aromatic N) is 1. The highest BCUT2D eigenvalue weighted by Gasteiger charge is 2.18. The molecule has 2 aromatic rings. The number of aromatic nitrogens is 1. The van der Waals surface area contributed by atoms with Crippen molar-refractivity contribution in [1.82, 2.24) is 4.98 Å². The predicted molar refractivity (Wildman–Crippen MR) is 81.0 cm³/mol. The van der Waals surface area contributed by atoms with E-state index in [4.69, 9.17) is 10.5 Å². The minimum absolute atomic E-state index is 0.106. The normalized spacial score (nSPS) is 11.9. The fourth-order valence-electron chi connectivity index (χ4n) is 1.89. The van der Waals surface area contributed by atoms with E-state index in [-0.39, 0.29) is 6.04 Å². The Kier molecular flexibility index (Phi) is 4.57. The summed E-state index contributed by atoms with van der Waals surface area (Å²) >= 11 is 1.67. The molecule has 0 aliphatic heterocycles. The second kappa shape index (κ2) is 6.38. The number of rotatable bonds is 5. The monoisotopic (exact) mass is 291 g/mol. The number of ether oxygens (including phenoxy) is 1. The lowest BCUT2D eigenvalue weighted by Crippen LogP contribution is -2.14. The minimum atomic E-state index is -0.451. The Labute approximate surface area is 121 Å². The van der Waals surface area contributed by atoms with Crippen LogP contribution in [0, 0.1) is 0 Å². The average Bonchev–Trinajstić information content (AvgIpc) is 2.99. The van der Waals surface area contributed by atoms with E-state index in [2.05, 4.69) is 23.3 Å². The van der Waals surface area contributed by atoms with E-state index in [1.807, 2.05) is 11.4 Å². The molecule has 0 aromatic carbocycles. The van der Waals surface area contributed by atoms with Crippen molar-refractivity contribution in [2.24, 2.45) is 0 Å². The van der Waals surface area contributed by atoms with E-state index in [1.54, 1.807) is 17.4 Å². The standard InChI is InChI=1S/C14H17N3O2S/c1-3-11(12-5-4-6-20-12)17-13-10(14(18)19-2)7-9(15)8-16-13/h4-8,11H,3,15H2,1-2H3,(H,16,17). The topological polar surface area (TPSA) is 77.2 Å². The molecule has 0 spiro atoms. The molecule has 6 heteroatoms. The first-order valence-electron chi connectivity index (χ1n) is 6.29. The Morgan fingerprint density at radius 2 is 2.40 bits per heavy atom. The quantitative estimate of drug-likeness (QED) is 0.828. The number of nitrogens with two attached hydrogens (primary N) is 1. The maximum atomic E-state index is 11.8. The zero-order chi connectivity index (χ0) is 14.5. The van der Waals surface area contributed by atoms with E-state index in [9.17, 15) is 4.79 Å². The van der Waals surface area contributed by atoms with Gasteiger partial charge in [0, 0.05) is 4.88 Å². The average molecular weight is 291 g/mol. The zero-order valence-electron chi connectivity index (χ0n) is 11.4. The number of pyridine rings is 1. The van der Waals surface area contributed by atoms with Crippen LogP contribution in [0.25, 0.3) is 0 Å². The van der Waals surface area contributed by atoms with Crippen LogP contribution in [0.1, 0.15) is 34.6 Å². The van der Waals surface area contributed by atoms with Crippen molar-refractivity contribution in [3.05, 3.63) is 40.2 Å². The van der Waals surface area contributed by atoms with E-state index in [0.717, 1.165) is 6.42 Å². The Morgan fingerprint density at radius 1 is 1.60 bits per heavy atom. The van der Waals surface area contributed by atoms with Crippen molar-refractivity contribution in [1.29, 1.82) is 0 Å². The second-order valence-electron chi connectivity index (χ2n) is 4.28. The molecule has 2 heterocycles. The van der Waals surface area contributed by atoms with Crippen LogP contribution in [0.15, 0.2) is 29.8 Å². The molecule has 0 radical (unpaired) electrons. The molecule has 0 fully saturated rings. The summed E-state index contributed by atoms with van der Waals surface area (Å²) in [6.07, 6.45) is 2.41. The van der Waals surface area contributed by atoms with Crippen LogP contribution in [0.4, 0.5) is 11.5 Å². The Bertz CT molecular complexity index is 584. The molecular weight excluding hydrogens is 274 g/mol. The van der Waals surface area contributed by atoms with Gasteiger partial charge in [0.05, 0.1) is 25.0 Å². The van der Waals surface area contributed by atoms with Crippen LogP contribution in [0.3, 0.4) is 0 Å². The van der Waals surface area contributed by atoms with Crippen molar-refractivity contribution in [3.8, 4) is 0 Å². The van der Waals surface area contributed by atoms with Crippen molar-refractivity contribution in [2.75, 3.05) is 18.2 Å².